The van der Waals surface area contributed by atoms with Gasteiger partial charge in [0.15, 0.2) is 0 Å². The molecular formula is C36H40ClN11O5S4. The largest absolute Gasteiger partial charge is 0.369 e. The van der Waals surface area contributed by atoms with Crippen LogP contribution in [0.25, 0.3) is 10.9 Å². The number of fused-ring (bicyclic) bond motifs is 1. The van der Waals surface area contributed by atoms with E-state index in [-0.39, 0.29) is 38.5 Å². The van der Waals surface area contributed by atoms with Gasteiger partial charge in [-0.2, -0.15) is 8.75 Å². The van der Waals surface area contributed by atoms with Gasteiger partial charge in [-0.05, 0) is 74.5 Å². The van der Waals surface area contributed by atoms with E-state index in [0.717, 1.165) is 65.0 Å². The number of benzene rings is 3. The zero-order chi connectivity index (χ0) is 40.2. The Balaban J connectivity index is 0.000000194. The minimum Gasteiger partial charge on any atom is -0.369 e. The lowest BCUT2D eigenvalue weighted by Crippen LogP contribution is -2.54. The first-order valence-electron chi connectivity index (χ1n) is 17.9. The number of hydrogen-bond acceptors (Lipinski definition) is 14. The number of anilines is 4. The summed E-state index contributed by atoms with van der Waals surface area (Å²) in [5, 5.41) is 5.50. The lowest BCUT2D eigenvalue weighted by atomic mass is 10.1. The quantitative estimate of drug-likeness (QED) is 0.171. The molecule has 300 valence electrons. The van der Waals surface area contributed by atoms with Gasteiger partial charge in [-0.15, -0.1) is 0 Å². The molecule has 0 radical (unpaired) electrons. The Bertz CT molecular complexity index is 2500. The van der Waals surface area contributed by atoms with E-state index in [1.807, 2.05) is 59.0 Å². The third-order valence-electron chi connectivity index (χ3n) is 9.55. The van der Waals surface area contributed by atoms with E-state index in [1.165, 1.54) is 12.7 Å². The number of carbonyl (C=O) groups is 1. The van der Waals surface area contributed by atoms with Crippen molar-refractivity contribution in [1.29, 1.82) is 0 Å². The topological polar surface area (TPSA) is 188 Å². The normalized spacial score (nSPS) is 17.6. The van der Waals surface area contributed by atoms with Crippen LogP contribution in [0.15, 0.2) is 101 Å². The van der Waals surface area contributed by atoms with Crippen molar-refractivity contribution in [3.63, 3.8) is 0 Å². The standard InChI is InChI=1S/C23H23ClN6O3S2.C13H17N5O2S2/c1-16-13-28(18-5-7-19(8-6-18)35(32,33)27-23-25-15-26-34-23)11-12-30(16)21(31)14-29-10-9-17-3-2-4-20(24)22(17)29;1-10-8-18(7-6-14-10)11-2-4-12(5-3-11)22(19,20)17-13-15-9-16-21-13/h2-10,15-16H,11-14H2,1H3,(H,25,26,27);2-5,9-10,14H,6-8H2,1H3,(H,15,16,17)/t16-;10-/m11/s1. The van der Waals surface area contributed by atoms with E-state index in [9.17, 15) is 21.6 Å². The molecule has 0 aliphatic carbocycles. The molecule has 0 unspecified atom stereocenters. The third-order valence-corrected chi connectivity index (χ3v) is 14.0. The van der Waals surface area contributed by atoms with Crippen LogP contribution >= 0.6 is 34.7 Å². The lowest BCUT2D eigenvalue weighted by Gasteiger charge is -2.41. The molecule has 0 spiro atoms. The minimum absolute atomic E-state index is 0.00368. The first kappa shape index (κ1) is 40.3. The molecule has 3 aromatic heterocycles. The smallest absolute Gasteiger partial charge is 0.263 e. The van der Waals surface area contributed by atoms with E-state index in [1.54, 1.807) is 36.4 Å². The van der Waals surface area contributed by atoms with Crippen LogP contribution in [0.4, 0.5) is 21.6 Å². The van der Waals surface area contributed by atoms with Gasteiger partial charge in [0, 0.05) is 97.4 Å². The van der Waals surface area contributed by atoms with Crippen LogP contribution in [-0.4, -0.2) is 102 Å². The Kier molecular flexibility index (Phi) is 12.3. The van der Waals surface area contributed by atoms with Crippen molar-refractivity contribution < 1.29 is 21.6 Å². The van der Waals surface area contributed by atoms with Gasteiger partial charge < -0.3 is 24.6 Å². The van der Waals surface area contributed by atoms with Gasteiger partial charge in [0.1, 0.15) is 19.2 Å². The summed E-state index contributed by atoms with van der Waals surface area (Å²) in [6, 6.07) is 21.7. The summed E-state index contributed by atoms with van der Waals surface area (Å²) in [6.07, 6.45) is 4.51. The SMILES string of the molecule is C[C@@H]1CN(c2ccc(S(=O)(=O)Nc3ncns3)cc2)CCN1.C[C@@H]1CN(c2ccc(S(=O)(=O)Nc3ncns3)cc2)CCN1C(=O)Cn1ccc2cccc(Cl)c21. The Hall–Kier alpha value is -4.86. The Morgan fingerprint density at radius 1 is 0.789 bits per heavy atom. The Morgan fingerprint density at radius 3 is 1.89 bits per heavy atom. The van der Waals surface area contributed by atoms with Crippen LogP contribution < -0.4 is 24.6 Å². The summed E-state index contributed by atoms with van der Waals surface area (Å²) >= 11 is 8.34. The average Bonchev–Trinajstić information content (AvgIpc) is 3.99. The van der Waals surface area contributed by atoms with Crippen molar-refractivity contribution in [1.82, 2.24) is 33.5 Å². The maximum Gasteiger partial charge on any atom is 0.263 e. The molecule has 16 nitrogen and oxygen atoms in total. The van der Waals surface area contributed by atoms with Gasteiger partial charge >= 0.3 is 0 Å². The number of nitrogens with one attached hydrogen (secondary N) is 3. The van der Waals surface area contributed by atoms with Gasteiger partial charge in [-0.25, -0.2) is 26.8 Å². The monoisotopic (exact) mass is 869 g/mol. The van der Waals surface area contributed by atoms with Gasteiger partial charge in [0.25, 0.3) is 20.0 Å². The molecule has 2 aliphatic rings. The van der Waals surface area contributed by atoms with Crippen molar-refractivity contribution in [2.75, 3.05) is 58.5 Å². The number of carbonyl (C=O) groups excluding carboxylic acids is 1. The van der Waals surface area contributed by atoms with Crippen LogP contribution in [0.2, 0.25) is 5.02 Å². The zero-order valence-electron chi connectivity index (χ0n) is 30.9. The van der Waals surface area contributed by atoms with Crippen LogP contribution in [0.5, 0.6) is 0 Å². The van der Waals surface area contributed by atoms with Gasteiger partial charge in [-0.1, -0.05) is 23.7 Å². The Labute approximate surface area is 343 Å². The summed E-state index contributed by atoms with van der Waals surface area (Å²) < 4.78 is 63.9. The predicted octanol–water partition coefficient (Wildman–Crippen LogP) is 4.82. The molecule has 2 saturated heterocycles. The summed E-state index contributed by atoms with van der Waals surface area (Å²) in [4.78, 5) is 27.5. The first-order chi connectivity index (χ1) is 27.4. The molecule has 57 heavy (non-hydrogen) atoms. The fraction of sp³-hybridized carbons (Fsp3) is 0.306. The second-order valence-electron chi connectivity index (χ2n) is 13.5. The molecule has 1 amide bonds. The number of sulfonamides is 2. The van der Waals surface area contributed by atoms with Crippen LogP contribution in [0.1, 0.15) is 13.8 Å². The van der Waals surface area contributed by atoms with E-state index in [4.69, 9.17) is 11.6 Å². The van der Waals surface area contributed by atoms with E-state index in [2.05, 4.69) is 50.2 Å². The number of amides is 1. The first-order valence-corrected chi connectivity index (χ1v) is 22.8. The Morgan fingerprint density at radius 2 is 1.37 bits per heavy atom. The maximum atomic E-state index is 13.1. The fourth-order valence-corrected chi connectivity index (χ4v) is 10.4. The molecule has 2 aliphatic heterocycles. The lowest BCUT2D eigenvalue weighted by molar-refractivity contribution is -0.134. The second kappa shape index (κ2) is 17.3. The van der Waals surface area contributed by atoms with Crippen LogP contribution in [-0.2, 0) is 31.4 Å². The molecule has 2 atom stereocenters. The number of piperazine rings is 2. The molecule has 3 aromatic carbocycles. The van der Waals surface area contributed by atoms with E-state index < -0.39 is 20.0 Å². The molecule has 0 bridgehead atoms. The van der Waals surface area contributed by atoms with Crippen molar-refractivity contribution in [2.45, 2.75) is 42.3 Å². The van der Waals surface area contributed by atoms with Crippen LogP contribution in [0.3, 0.4) is 0 Å². The van der Waals surface area contributed by atoms with Crippen molar-refractivity contribution in [3.8, 4) is 0 Å². The molecule has 0 saturated carbocycles. The van der Waals surface area contributed by atoms with E-state index >= 15 is 0 Å². The second-order valence-corrected chi connectivity index (χ2v) is 18.8. The molecule has 8 rings (SSSR count). The summed E-state index contributed by atoms with van der Waals surface area (Å²) in [6.45, 7) is 9.02. The molecular weight excluding hydrogens is 830 g/mol. The van der Waals surface area contributed by atoms with Gasteiger partial charge in [0.2, 0.25) is 16.2 Å². The van der Waals surface area contributed by atoms with E-state index in [0.29, 0.717) is 30.7 Å². The third kappa shape index (κ3) is 9.65. The summed E-state index contributed by atoms with van der Waals surface area (Å²) in [5.41, 5.74) is 2.80. The van der Waals surface area contributed by atoms with Gasteiger partial charge in [-0.3, -0.25) is 14.2 Å². The van der Waals surface area contributed by atoms with Crippen LogP contribution in [0, 0.1) is 0 Å². The highest BCUT2D eigenvalue weighted by molar-refractivity contribution is 7.93. The maximum absolute atomic E-state index is 13.1. The van der Waals surface area contributed by atoms with Crippen molar-refractivity contribution in [3.05, 3.63) is 96.7 Å². The molecule has 3 N–H and O–H groups in total. The molecule has 21 heteroatoms. The minimum atomic E-state index is -3.73. The fourth-order valence-electron chi connectivity index (χ4n) is 6.77. The molecule has 6 aromatic rings. The highest BCUT2D eigenvalue weighted by atomic mass is 35.5. The number of nitrogens with zero attached hydrogens (tertiary/aromatic N) is 8. The predicted molar refractivity (Wildman–Crippen MR) is 224 cm³/mol. The number of halogens is 1. The molecule has 5 heterocycles. The highest BCUT2D eigenvalue weighted by Crippen LogP contribution is 2.27. The van der Waals surface area contributed by atoms with Crippen molar-refractivity contribution >= 4 is 93.2 Å². The number of hydrogen-bond donors (Lipinski definition) is 3. The number of para-hydroxylation sites is 1. The zero-order valence-corrected chi connectivity index (χ0v) is 34.9. The van der Waals surface area contributed by atoms with Gasteiger partial charge in [0.05, 0.1) is 20.3 Å². The average molecular weight is 871 g/mol. The summed E-state index contributed by atoms with van der Waals surface area (Å²) in [7, 11) is -7.34. The number of rotatable bonds is 10. The molecule has 2 fully saturated rings. The van der Waals surface area contributed by atoms with Crippen molar-refractivity contribution in [2.24, 2.45) is 0 Å². The number of aromatic nitrogens is 5. The highest BCUT2D eigenvalue weighted by Gasteiger charge is 2.28. The summed E-state index contributed by atoms with van der Waals surface area (Å²) in [5.74, 6) is 0.0405.